The quantitative estimate of drug-likeness (QED) is 0.549. The number of carbonyl (C=O) groups is 1. The molecule has 0 unspecified atom stereocenters. The molecular formula is C10H16ClN3O. The van der Waals surface area contributed by atoms with E-state index in [0.717, 1.165) is 13.1 Å². The van der Waals surface area contributed by atoms with E-state index in [1.54, 1.807) is 12.3 Å². The second-order valence-corrected chi connectivity index (χ2v) is 3.50. The first-order valence-electron chi connectivity index (χ1n) is 4.53. The summed E-state index contributed by atoms with van der Waals surface area (Å²) in [6.45, 7) is 1.79. The summed E-state index contributed by atoms with van der Waals surface area (Å²) in [5.74, 6) is -0.385. The van der Waals surface area contributed by atoms with Gasteiger partial charge in [0.15, 0.2) is 18.9 Å². The molecule has 0 aliphatic heterocycles. The maximum absolute atomic E-state index is 10.9. The number of rotatable bonds is 4. The average molecular weight is 230 g/mol. The molecule has 0 fully saturated rings. The van der Waals surface area contributed by atoms with E-state index in [0.29, 0.717) is 5.56 Å². The molecule has 0 saturated heterocycles. The highest BCUT2D eigenvalue weighted by Gasteiger charge is 2.06. The van der Waals surface area contributed by atoms with Gasteiger partial charge in [-0.25, -0.2) is 4.57 Å². The molecule has 1 amide bonds. The highest BCUT2D eigenvalue weighted by molar-refractivity contribution is 5.92. The van der Waals surface area contributed by atoms with Crippen LogP contribution >= 0.6 is 0 Å². The number of aromatic nitrogens is 1. The Bertz CT molecular complexity index is 328. The fraction of sp³-hybridized carbons (Fsp3) is 0.400. The summed E-state index contributed by atoms with van der Waals surface area (Å²) in [6, 6.07) is 3.55. The first-order chi connectivity index (χ1) is 6.59. The van der Waals surface area contributed by atoms with Crippen LogP contribution in [-0.2, 0) is 6.54 Å². The van der Waals surface area contributed by atoms with Gasteiger partial charge in [0.2, 0.25) is 0 Å². The number of carbonyl (C=O) groups excluding carboxylic acids is 1. The Morgan fingerprint density at radius 3 is 2.73 bits per heavy atom. The Hall–Kier alpha value is -1.13. The first-order valence-corrected chi connectivity index (χ1v) is 4.53. The van der Waals surface area contributed by atoms with Crippen LogP contribution < -0.4 is 22.7 Å². The summed E-state index contributed by atoms with van der Waals surface area (Å²) >= 11 is 0. The van der Waals surface area contributed by atoms with Gasteiger partial charge in [-0.3, -0.25) is 4.79 Å². The van der Waals surface area contributed by atoms with Crippen molar-refractivity contribution in [2.75, 3.05) is 20.6 Å². The molecule has 1 heterocycles. The second-order valence-electron chi connectivity index (χ2n) is 3.50. The lowest BCUT2D eigenvalue weighted by Crippen LogP contribution is -3.00. The molecule has 0 saturated carbocycles. The van der Waals surface area contributed by atoms with Crippen LogP contribution in [0.2, 0.25) is 0 Å². The normalized spacial score (nSPS) is 9.80. The molecule has 0 aliphatic rings. The minimum atomic E-state index is -0.385. The lowest BCUT2D eigenvalue weighted by molar-refractivity contribution is -0.696. The number of halogens is 1. The van der Waals surface area contributed by atoms with Gasteiger partial charge in [-0.1, -0.05) is 0 Å². The molecule has 4 nitrogen and oxygen atoms in total. The van der Waals surface area contributed by atoms with Crippen molar-refractivity contribution >= 4 is 5.91 Å². The summed E-state index contributed by atoms with van der Waals surface area (Å²) in [5, 5.41) is 0. The van der Waals surface area contributed by atoms with Crippen LogP contribution in [0.15, 0.2) is 24.5 Å². The van der Waals surface area contributed by atoms with Crippen LogP contribution in [0.3, 0.4) is 0 Å². The molecule has 0 radical (unpaired) electrons. The van der Waals surface area contributed by atoms with Crippen LogP contribution in [0.5, 0.6) is 0 Å². The molecule has 0 aromatic carbocycles. The Morgan fingerprint density at radius 2 is 2.20 bits per heavy atom. The van der Waals surface area contributed by atoms with E-state index < -0.39 is 0 Å². The van der Waals surface area contributed by atoms with Gasteiger partial charge in [0.1, 0.15) is 5.56 Å². The van der Waals surface area contributed by atoms with Crippen molar-refractivity contribution in [3.63, 3.8) is 0 Å². The van der Waals surface area contributed by atoms with E-state index in [-0.39, 0.29) is 18.3 Å². The topological polar surface area (TPSA) is 50.2 Å². The number of primary amides is 1. The van der Waals surface area contributed by atoms with Gasteiger partial charge < -0.3 is 23.0 Å². The molecule has 1 aromatic rings. The number of amides is 1. The fourth-order valence-electron chi connectivity index (χ4n) is 1.12. The van der Waals surface area contributed by atoms with E-state index >= 15 is 0 Å². The zero-order valence-electron chi connectivity index (χ0n) is 8.98. The predicted molar refractivity (Wildman–Crippen MR) is 53.7 cm³/mol. The minimum absolute atomic E-state index is 0. The third kappa shape index (κ3) is 4.76. The number of hydrogen-bond acceptors (Lipinski definition) is 2. The minimum Gasteiger partial charge on any atom is -1.00 e. The zero-order chi connectivity index (χ0) is 10.6. The molecule has 0 atom stereocenters. The number of nitrogens with two attached hydrogens (primary N) is 1. The lowest BCUT2D eigenvalue weighted by atomic mass is 10.3. The van der Waals surface area contributed by atoms with Gasteiger partial charge in [-0.2, -0.15) is 0 Å². The van der Waals surface area contributed by atoms with Crippen molar-refractivity contribution in [3.05, 3.63) is 30.1 Å². The molecule has 5 heteroatoms. The molecule has 0 spiro atoms. The largest absolute Gasteiger partial charge is 1.00 e. The monoisotopic (exact) mass is 229 g/mol. The molecule has 0 aliphatic carbocycles. The van der Waals surface area contributed by atoms with Crippen LogP contribution in [0.1, 0.15) is 10.4 Å². The maximum Gasteiger partial charge on any atom is 0.254 e. The van der Waals surface area contributed by atoms with Crippen molar-refractivity contribution in [1.82, 2.24) is 4.90 Å². The van der Waals surface area contributed by atoms with Crippen molar-refractivity contribution < 1.29 is 21.8 Å². The highest BCUT2D eigenvalue weighted by atomic mass is 35.5. The summed E-state index contributed by atoms with van der Waals surface area (Å²) in [4.78, 5) is 13.0. The van der Waals surface area contributed by atoms with Gasteiger partial charge in [0.05, 0.1) is 6.54 Å². The Morgan fingerprint density at radius 1 is 1.53 bits per heavy atom. The van der Waals surface area contributed by atoms with E-state index in [2.05, 4.69) is 4.90 Å². The Labute approximate surface area is 96.1 Å². The molecule has 2 N–H and O–H groups in total. The van der Waals surface area contributed by atoms with Gasteiger partial charge in [-0.15, -0.1) is 0 Å². The van der Waals surface area contributed by atoms with Crippen LogP contribution in [0.25, 0.3) is 0 Å². The van der Waals surface area contributed by atoms with Gasteiger partial charge in [0, 0.05) is 6.07 Å². The van der Waals surface area contributed by atoms with E-state index in [1.165, 1.54) is 0 Å². The SMILES string of the molecule is CN(C)CC[n+]1cccc(C(N)=O)c1.[Cl-]. The van der Waals surface area contributed by atoms with E-state index in [9.17, 15) is 4.79 Å². The smallest absolute Gasteiger partial charge is 0.254 e. The summed E-state index contributed by atoms with van der Waals surface area (Å²) < 4.78 is 1.96. The van der Waals surface area contributed by atoms with Crippen LogP contribution in [0, 0.1) is 0 Å². The van der Waals surface area contributed by atoms with Crippen LogP contribution in [0.4, 0.5) is 0 Å². The molecular weight excluding hydrogens is 214 g/mol. The van der Waals surface area contributed by atoms with E-state index in [1.807, 2.05) is 30.9 Å². The average Bonchev–Trinajstić information content (AvgIpc) is 2.15. The van der Waals surface area contributed by atoms with Crippen molar-refractivity contribution in [3.8, 4) is 0 Å². The van der Waals surface area contributed by atoms with Crippen molar-refractivity contribution in [1.29, 1.82) is 0 Å². The second kappa shape index (κ2) is 6.37. The molecule has 15 heavy (non-hydrogen) atoms. The lowest BCUT2D eigenvalue weighted by Gasteiger charge is -2.05. The summed E-state index contributed by atoms with van der Waals surface area (Å²) in [7, 11) is 4.02. The molecule has 84 valence electrons. The Balaban J connectivity index is 0.00000196. The third-order valence-corrected chi connectivity index (χ3v) is 1.95. The van der Waals surface area contributed by atoms with Gasteiger partial charge in [-0.05, 0) is 20.2 Å². The summed E-state index contributed by atoms with van der Waals surface area (Å²) in [6.07, 6.45) is 3.70. The maximum atomic E-state index is 10.9. The zero-order valence-corrected chi connectivity index (χ0v) is 9.74. The predicted octanol–water partition coefficient (Wildman–Crippen LogP) is -3.36. The summed E-state index contributed by atoms with van der Waals surface area (Å²) in [5.41, 5.74) is 5.72. The molecule has 1 rings (SSSR count). The highest BCUT2D eigenvalue weighted by Crippen LogP contribution is 1.91. The van der Waals surface area contributed by atoms with Gasteiger partial charge in [0.25, 0.3) is 5.91 Å². The van der Waals surface area contributed by atoms with Crippen molar-refractivity contribution in [2.24, 2.45) is 5.73 Å². The molecule has 1 aromatic heterocycles. The number of hydrogen-bond donors (Lipinski definition) is 1. The number of pyridine rings is 1. The Kier molecular flexibility index (Phi) is 5.89. The van der Waals surface area contributed by atoms with E-state index in [4.69, 9.17) is 5.73 Å². The van der Waals surface area contributed by atoms with Gasteiger partial charge >= 0.3 is 0 Å². The standard InChI is InChI=1S/C10H15N3O.ClH/c1-12(2)6-7-13-5-3-4-9(8-13)10(11)14;/h3-5,8H,6-7H2,1-2H3,(H-,11,14);1H. The fourth-order valence-corrected chi connectivity index (χ4v) is 1.12. The first kappa shape index (κ1) is 13.9. The number of likely N-dealkylation sites (N-methyl/N-ethyl adjacent to an activating group) is 1. The van der Waals surface area contributed by atoms with Crippen molar-refractivity contribution in [2.45, 2.75) is 6.54 Å². The third-order valence-electron chi connectivity index (χ3n) is 1.95. The van der Waals surface area contributed by atoms with Crippen LogP contribution in [-0.4, -0.2) is 31.4 Å². The number of nitrogens with zero attached hydrogens (tertiary/aromatic N) is 2. The molecule has 0 bridgehead atoms.